The molecule has 0 fully saturated rings. The van der Waals surface area contributed by atoms with E-state index in [1.165, 1.54) is 79.0 Å². The Morgan fingerprint density at radius 3 is 2.34 bits per heavy atom. The van der Waals surface area contributed by atoms with Crippen molar-refractivity contribution >= 4 is 87.9 Å². The fourth-order valence-electron chi connectivity index (χ4n) is 6.53. The minimum Gasteiger partial charge on any atom is -0.135 e. The number of fused-ring (bicyclic) bond motifs is 10. The van der Waals surface area contributed by atoms with Gasteiger partial charge < -0.3 is 0 Å². The predicted octanol–water partition coefficient (Wildman–Crippen LogP) is 7.32. The molecule has 160 valence electrons. The lowest BCUT2D eigenvalue weighted by molar-refractivity contribution is 1.46. The first-order valence-corrected chi connectivity index (χ1v) is 13.7. The molecule has 9 rings (SSSR count). The summed E-state index contributed by atoms with van der Waals surface area (Å²) in [5, 5.41) is 8.30. The predicted molar refractivity (Wildman–Crippen MR) is 155 cm³/mol. The average Bonchev–Trinajstić information content (AvgIpc) is 3.29. The Morgan fingerprint density at radius 1 is 0.543 bits per heavy atom. The molecule has 0 amide bonds. The van der Waals surface area contributed by atoms with E-state index in [4.69, 9.17) is 0 Å². The number of hydrogen-bond acceptors (Lipinski definition) is 2. The van der Waals surface area contributed by atoms with Crippen molar-refractivity contribution in [3.63, 3.8) is 0 Å². The number of hydrogen-bond donors (Lipinski definition) is 0. The molecule has 0 nitrogen and oxygen atoms in total. The Kier molecular flexibility index (Phi) is 3.52. The minimum atomic E-state index is 0.264. The van der Waals surface area contributed by atoms with Crippen molar-refractivity contribution in [3.8, 4) is 11.1 Å². The van der Waals surface area contributed by atoms with E-state index < -0.39 is 0 Å². The van der Waals surface area contributed by atoms with E-state index in [0.29, 0.717) is 0 Å². The van der Waals surface area contributed by atoms with Crippen LogP contribution in [0.25, 0.3) is 52.8 Å². The molecule has 0 aliphatic carbocycles. The SMILES string of the molecule is c1cc2c3c(c1)-c1cc4sc5ccccc5c4c4cccc(c14)B3c1ccc3ccccc3c1S2. The zero-order chi connectivity index (χ0) is 22.7. The maximum Gasteiger partial charge on any atom is 0.245 e. The number of rotatable bonds is 0. The van der Waals surface area contributed by atoms with E-state index in [0.717, 1.165) is 0 Å². The lowest BCUT2D eigenvalue weighted by Crippen LogP contribution is -2.57. The van der Waals surface area contributed by atoms with Crippen LogP contribution in [0, 0.1) is 0 Å². The molecule has 0 bridgehead atoms. The van der Waals surface area contributed by atoms with Gasteiger partial charge in [0.15, 0.2) is 0 Å². The minimum absolute atomic E-state index is 0.264. The highest BCUT2D eigenvalue weighted by Gasteiger charge is 2.38. The normalized spacial score (nSPS) is 13.5. The van der Waals surface area contributed by atoms with Crippen LogP contribution in [0.3, 0.4) is 0 Å². The second-order valence-electron chi connectivity index (χ2n) is 9.62. The summed E-state index contributed by atoms with van der Waals surface area (Å²) < 4.78 is 2.75. The van der Waals surface area contributed by atoms with Gasteiger partial charge in [0.2, 0.25) is 6.71 Å². The second kappa shape index (κ2) is 6.57. The van der Waals surface area contributed by atoms with Crippen molar-refractivity contribution in [2.24, 2.45) is 0 Å². The summed E-state index contributed by atoms with van der Waals surface area (Å²) >= 11 is 3.87. The van der Waals surface area contributed by atoms with Crippen LogP contribution < -0.4 is 16.4 Å². The van der Waals surface area contributed by atoms with Crippen LogP contribution in [0.2, 0.25) is 0 Å². The Balaban J connectivity index is 1.49. The summed E-state index contributed by atoms with van der Waals surface area (Å²) in [6.07, 6.45) is 0. The van der Waals surface area contributed by atoms with Gasteiger partial charge in [-0.05, 0) is 56.3 Å². The van der Waals surface area contributed by atoms with Crippen molar-refractivity contribution in [1.82, 2.24) is 0 Å². The first kappa shape index (κ1) is 18.8. The summed E-state index contributed by atoms with van der Waals surface area (Å²) in [6.45, 7) is 0.264. The molecule has 2 aliphatic heterocycles. The van der Waals surface area contributed by atoms with Crippen LogP contribution in [0.15, 0.2) is 113 Å². The van der Waals surface area contributed by atoms with E-state index in [-0.39, 0.29) is 6.71 Å². The van der Waals surface area contributed by atoms with Crippen LogP contribution in [0.4, 0.5) is 0 Å². The quantitative estimate of drug-likeness (QED) is 0.207. The highest BCUT2D eigenvalue weighted by molar-refractivity contribution is 8.00. The Labute approximate surface area is 211 Å². The number of benzene rings is 6. The van der Waals surface area contributed by atoms with Gasteiger partial charge in [0, 0.05) is 30.0 Å². The maximum atomic E-state index is 2.47. The molecule has 0 N–H and O–H groups in total. The van der Waals surface area contributed by atoms with E-state index in [1.807, 2.05) is 23.1 Å². The standard InChI is InChI=1S/C32H17BS2/c1-2-8-19-18(7-1)15-16-25-32(19)35-27-14-6-10-20-23-17-28-30(21-9-3-4-13-26(21)34-28)22-11-5-12-24(29(22)23)33(25)31(20)27/h1-17H. The van der Waals surface area contributed by atoms with Crippen molar-refractivity contribution in [2.45, 2.75) is 9.79 Å². The van der Waals surface area contributed by atoms with Crippen LogP contribution in [-0.4, -0.2) is 6.71 Å². The van der Waals surface area contributed by atoms with Gasteiger partial charge in [0.05, 0.1) is 0 Å². The Hall–Kier alpha value is -3.53. The summed E-state index contributed by atoms with van der Waals surface area (Å²) in [4.78, 5) is 2.82. The van der Waals surface area contributed by atoms with E-state index >= 15 is 0 Å². The van der Waals surface area contributed by atoms with E-state index in [1.54, 1.807) is 0 Å². The van der Waals surface area contributed by atoms with Gasteiger partial charge in [-0.2, -0.15) is 0 Å². The third kappa shape index (κ3) is 2.31. The lowest BCUT2D eigenvalue weighted by atomic mass is 9.33. The first-order chi connectivity index (χ1) is 17.4. The molecule has 3 heterocycles. The lowest BCUT2D eigenvalue weighted by Gasteiger charge is -2.34. The summed E-state index contributed by atoms with van der Waals surface area (Å²) in [5.74, 6) is 0. The van der Waals surface area contributed by atoms with Crippen LogP contribution in [-0.2, 0) is 0 Å². The fourth-order valence-corrected chi connectivity index (χ4v) is 9.00. The van der Waals surface area contributed by atoms with Gasteiger partial charge in [-0.1, -0.05) is 108 Å². The first-order valence-electron chi connectivity index (χ1n) is 12.1. The molecular weight excluding hydrogens is 459 g/mol. The summed E-state index contributed by atoms with van der Waals surface area (Å²) in [7, 11) is 0. The van der Waals surface area contributed by atoms with Gasteiger partial charge in [-0.25, -0.2) is 0 Å². The molecule has 0 unspecified atom stereocenters. The molecule has 0 atom stereocenters. The zero-order valence-electron chi connectivity index (χ0n) is 18.7. The van der Waals surface area contributed by atoms with Crippen molar-refractivity contribution in [1.29, 1.82) is 0 Å². The molecule has 0 saturated heterocycles. The molecule has 0 saturated carbocycles. The smallest absolute Gasteiger partial charge is 0.135 e. The molecule has 0 radical (unpaired) electrons. The van der Waals surface area contributed by atoms with Gasteiger partial charge >= 0.3 is 0 Å². The third-order valence-corrected chi connectivity index (χ3v) is 10.3. The molecule has 3 heteroatoms. The molecule has 35 heavy (non-hydrogen) atoms. The van der Waals surface area contributed by atoms with Gasteiger partial charge in [-0.3, -0.25) is 0 Å². The second-order valence-corrected chi connectivity index (χ2v) is 11.8. The summed E-state index contributed by atoms with van der Waals surface area (Å²) in [6, 6.07) is 38.8. The van der Waals surface area contributed by atoms with Crippen LogP contribution in [0.5, 0.6) is 0 Å². The van der Waals surface area contributed by atoms with Crippen LogP contribution >= 0.6 is 23.1 Å². The van der Waals surface area contributed by atoms with Crippen molar-refractivity contribution in [3.05, 3.63) is 103 Å². The monoisotopic (exact) mass is 476 g/mol. The van der Waals surface area contributed by atoms with Gasteiger partial charge in [-0.15, -0.1) is 11.3 Å². The molecule has 2 aliphatic rings. The third-order valence-electron chi connectivity index (χ3n) is 7.92. The van der Waals surface area contributed by atoms with E-state index in [9.17, 15) is 0 Å². The molecule has 0 spiro atoms. The molecular formula is C32H17BS2. The average molecular weight is 476 g/mol. The molecule has 7 aromatic rings. The van der Waals surface area contributed by atoms with Gasteiger partial charge in [0.25, 0.3) is 0 Å². The topological polar surface area (TPSA) is 0 Å². The fraction of sp³-hybridized carbons (Fsp3) is 0. The van der Waals surface area contributed by atoms with Gasteiger partial charge in [0.1, 0.15) is 0 Å². The zero-order valence-corrected chi connectivity index (χ0v) is 20.3. The van der Waals surface area contributed by atoms with Crippen molar-refractivity contribution in [2.75, 3.05) is 0 Å². The van der Waals surface area contributed by atoms with E-state index in [2.05, 4.69) is 103 Å². The molecule has 1 aromatic heterocycles. The molecule has 6 aromatic carbocycles. The maximum absolute atomic E-state index is 2.47. The Bertz CT molecular complexity index is 2050. The highest BCUT2D eigenvalue weighted by Crippen LogP contribution is 2.45. The van der Waals surface area contributed by atoms with Crippen molar-refractivity contribution < 1.29 is 0 Å². The summed E-state index contributed by atoms with van der Waals surface area (Å²) in [5.41, 5.74) is 7.18. The van der Waals surface area contributed by atoms with Crippen LogP contribution in [0.1, 0.15) is 0 Å². The highest BCUT2D eigenvalue weighted by atomic mass is 32.2. The number of thiophene rings is 1. The Morgan fingerprint density at radius 2 is 1.37 bits per heavy atom. The largest absolute Gasteiger partial charge is 0.245 e.